The molecule has 0 saturated heterocycles. The van der Waals surface area contributed by atoms with E-state index in [2.05, 4.69) is 0 Å². The molecular weight excluding hydrogens is 200 g/mol. The van der Waals surface area contributed by atoms with Crippen molar-refractivity contribution in [2.45, 2.75) is 38.2 Å². The van der Waals surface area contributed by atoms with Crippen molar-refractivity contribution in [2.75, 3.05) is 7.11 Å². The molecule has 0 bridgehead atoms. The Morgan fingerprint density at radius 2 is 2.19 bits per heavy atom. The molecule has 1 aromatic carbocycles. The van der Waals surface area contributed by atoms with Gasteiger partial charge < -0.3 is 9.84 Å². The van der Waals surface area contributed by atoms with Gasteiger partial charge in [0.1, 0.15) is 5.75 Å². The normalized spacial score (nSPS) is 19.2. The molecule has 2 rings (SSSR count). The molecule has 0 spiro atoms. The Morgan fingerprint density at radius 1 is 1.44 bits per heavy atom. The molecule has 0 aromatic heterocycles. The van der Waals surface area contributed by atoms with Crippen LogP contribution in [0.1, 0.15) is 31.7 Å². The van der Waals surface area contributed by atoms with Crippen LogP contribution in [0.25, 0.3) is 0 Å². The van der Waals surface area contributed by atoms with Crippen LogP contribution in [0.5, 0.6) is 5.75 Å². The smallest absolute Gasteiger partial charge is 0.119 e. The minimum atomic E-state index is -0.576. The van der Waals surface area contributed by atoms with Gasteiger partial charge in [-0.05, 0) is 37.0 Å². The molecular formula is C14H20O2. The monoisotopic (exact) mass is 220 g/mol. The fraction of sp³-hybridized carbons (Fsp3) is 0.571. The Kier molecular flexibility index (Phi) is 3.20. The fourth-order valence-corrected chi connectivity index (χ4v) is 2.24. The lowest BCUT2D eigenvalue weighted by molar-refractivity contribution is 0.0455. The molecule has 1 aromatic rings. The fourth-order valence-electron chi connectivity index (χ4n) is 2.24. The van der Waals surface area contributed by atoms with Crippen LogP contribution in [0.2, 0.25) is 0 Å². The van der Waals surface area contributed by atoms with Crippen LogP contribution in [-0.4, -0.2) is 17.8 Å². The van der Waals surface area contributed by atoms with Crippen molar-refractivity contribution < 1.29 is 9.84 Å². The summed E-state index contributed by atoms with van der Waals surface area (Å²) >= 11 is 0. The summed E-state index contributed by atoms with van der Waals surface area (Å²) in [7, 11) is 1.67. The Bertz CT molecular complexity index is 354. The molecule has 1 aliphatic rings. The third-order valence-electron chi connectivity index (χ3n) is 3.14. The van der Waals surface area contributed by atoms with Gasteiger partial charge in [-0.3, -0.25) is 0 Å². The predicted octanol–water partition coefficient (Wildman–Crippen LogP) is 2.79. The highest BCUT2D eigenvalue weighted by atomic mass is 16.5. The van der Waals surface area contributed by atoms with Crippen LogP contribution in [0.4, 0.5) is 0 Å². The average molecular weight is 220 g/mol. The van der Waals surface area contributed by atoms with Gasteiger partial charge in [-0.1, -0.05) is 25.0 Å². The maximum absolute atomic E-state index is 10.3. The van der Waals surface area contributed by atoms with E-state index in [0.29, 0.717) is 6.42 Å². The van der Waals surface area contributed by atoms with Crippen molar-refractivity contribution in [1.82, 2.24) is 0 Å². The number of benzene rings is 1. The van der Waals surface area contributed by atoms with E-state index in [1.54, 1.807) is 7.11 Å². The van der Waals surface area contributed by atoms with Crippen LogP contribution in [0.15, 0.2) is 24.3 Å². The minimum Gasteiger partial charge on any atom is -0.497 e. The van der Waals surface area contributed by atoms with E-state index in [-0.39, 0.29) is 0 Å². The second-order valence-electron chi connectivity index (χ2n) is 5.17. The summed E-state index contributed by atoms with van der Waals surface area (Å²) in [6.45, 7) is 1.94. The van der Waals surface area contributed by atoms with Gasteiger partial charge in [0.2, 0.25) is 0 Å². The van der Waals surface area contributed by atoms with Gasteiger partial charge in [0.15, 0.2) is 0 Å². The van der Waals surface area contributed by atoms with Crippen molar-refractivity contribution in [3.8, 4) is 5.75 Å². The predicted molar refractivity (Wildman–Crippen MR) is 64.7 cm³/mol. The summed E-state index contributed by atoms with van der Waals surface area (Å²) in [6, 6.07) is 7.95. The maximum Gasteiger partial charge on any atom is 0.119 e. The van der Waals surface area contributed by atoms with Gasteiger partial charge in [-0.15, -0.1) is 0 Å². The quantitative estimate of drug-likeness (QED) is 0.826. The third kappa shape index (κ3) is 3.24. The number of hydrogen-bond acceptors (Lipinski definition) is 2. The molecule has 2 heteroatoms. The lowest BCUT2D eigenvalue weighted by Crippen LogP contribution is -2.27. The van der Waals surface area contributed by atoms with Crippen LogP contribution >= 0.6 is 0 Å². The van der Waals surface area contributed by atoms with Gasteiger partial charge in [0, 0.05) is 6.42 Å². The number of methoxy groups -OCH3 is 1. The summed E-state index contributed by atoms with van der Waals surface area (Å²) in [5.74, 6) is 1.61. The molecule has 16 heavy (non-hydrogen) atoms. The molecule has 0 radical (unpaired) electrons. The Labute approximate surface area is 97.3 Å². The third-order valence-corrected chi connectivity index (χ3v) is 3.14. The first kappa shape index (κ1) is 11.5. The number of aliphatic hydroxyl groups is 1. The van der Waals surface area contributed by atoms with Gasteiger partial charge in [0.25, 0.3) is 0 Å². The zero-order valence-electron chi connectivity index (χ0n) is 10.1. The minimum absolute atomic E-state index is 0.576. The van der Waals surface area contributed by atoms with E-state index in [9.17, 15) is 5.11 Å². The highest BCUT2D eigenvalue weighted by Crippen LogP contribution is 2.37. The van der Waals surface area contributed by atoms with Crippen molar-refractivity contribution in [3.05, 3.63) is 29.8 Å². The van der Waals surface area contributed by atoms with E-state index in [1.807, 2.05) is 31.2 Å². The summed E-state index contributed by atoms with van der Waals surface area (Å²) in [6.07, 6.45) is 4.20. The SMILES string of the molecule is COc1cccc(CC(C)(O)CC2CC2)c1. The van der Waals surface area contributed by atoms with Crippen LogP contribution in [0, 0.1) is 5.92 Å². The van der Waals surface area contributed by atoms with E-state index >= 15 is 0 Å². The van der Waals surface area contributed by atoms with Crippen LogP contribution in [0.3, 0.4) is 0 Å². The molecule has 0 amide bonds. The summed E-state index contributed by atoms with van der Waals surface area (Å²) in [5.41, 5.74) is 0.568. The van der Waals surface area contributed by atoms with Crippen molar-refractivity contribution >= 4 is 0 Å². The Morgan fingerprint density at radius 3 is 2.81 bits per heavy atom. The highest BCUT2D eigenvalue weighted by molar-refractivity contribution is 5.29. The van der Waals surface area contributed by atoms with Crippen molar-refractivity contribution in [1.29, 1.82) is 0 Å². The Hall–Kier alpha value is -1.02. The van der Waals surface area contributed by atoms with E-state index < -0.39 is 5.60 Å². The van der Waals surface area contributed by atoms with Crippen LogP contribution < -0.4 is 4.74 Å². The maximum atomic E-state index is 10.3. The molecule has 2 nitrogen and oxygen atoms in total. The van der Waals surface area contributed by atoms with Gasteiger partial charge in [0.05, 0.1) is 12.7 Å². The lowest BCUT2D eigenvalue weighted by Gasteiger charge is -2.23. The number of hydrogen-bond donors (Lipinski definition) is 1. The number of ether oxygens (including phenoxy) is 1. The molecule has 1 unspecified atom stereocenters. The molecule has 1 N–H and O–H groups in total. The second-order valence-corrected chi connectivity index (χ2v) is 5.17. The first-order valence-electron chi connectivity index (χ1n) is 5.94. The zero-order chi connectivity index (χ0) is 11.6. The zero-order valence-corrected chi connectivity index (χ0v) is 10.1. The lowest BCUT2D eigenvalue weighted by atomic mass is 9.91. The van der Waals surface area contributed by atoms with Gasteiger partial charge in [-0.2, -0.15) is 0 Å². The van der Waals surface area contributed by atoms with Gasteiger partial charge >= 0.3 is 0 Å². The molecule has 0 aliphatic heterocycles. The average Bonchev–Trinajstić information content (AvgIpc) is 3.00. The van der Waals surface area contributed by atoms with Crippen LogP contribution in [-0.2, 0) is 6.42 Å². The molecule has 88 valence electrons. The highest BCUT2D eigenvalue weighted by Gasteiger charge is 2.31. The first-order valence-corrected chi connectivity index (χ1v) is 5.94. The second kappa shape index (κ2) is 4.46. The molecule has 1 atom stereocenters. The standard InChI is InChI=1S/C14H20O2/c1-14(15,9-11-6-7-11)10-12-4-3-5-13(8-12)16-2/h3-5,8,11,15H,6-7,9-10H2,1-2H3. The molecule has 1 aliphatic carbocycles. The molecule has 1 saturated carbocycles. The van der Waals surface area contributed by atoms with Crippen molar-refractivity contribution in [2.24, 2.45) is 5.92 Å². The number of rotatable bonds is 5. The topological polar surface area (TPSA) is 29.5 Å². The summed E-state index contributed by atoms with van der Waals surface area (Å²) in [5, 5.41) is 10.3. The summed E-state index contributed by atoms with van der Waals surface area (Å²) in [4.78, 5) is 0. The van der Waals surface area contributed by atoms with Gasteiger partial charge in [-0.25, -0.2) is 0 Å². The first-order chi connectivity index (χ1) is 7.59. The Balaban J connectivity index is 2.00. The largest absolute Gasteiger partial charge is 0.497 e. The summed E-state index contributed by atoms with van der Waals surface area (Å²) < 4.78 is 5.18. The van der Waals surface area contributed by atoms with E-state index in [1.165, 1.54) is 12.8 Å². The molecule has 0 heterocycles. The van der Waals surface area contributed by atoms with Crippen molar-refractivity contribution in [3.63, 3.8) is 0 Å². The van der Waals surface area contributed by atoms with E-state index in [0.717, 1.165) is 23.7 Å². The molecule has 1 fully saturated rings. The van der Waals surface area contributed by atoms with E-state index in [4.69, 9.17) is 4.74 Å².